The van der Waals surface area contributed by atoms with Crippen molar-refractivity contribution in [1.29, 1.82) is 0 Å². The predicted octanol–water partition coefficient (Wildman–Crippen LogP) is 3.35. The molecule has 2 heteroatoms. The summed E-state index contributed by atoms with van der Waals surface area (Å²) in [5.74, 6) is 0.369. The fourth-order valence-electron chi connectivity index (χ4n) is 2.19. The van der Waals surface area contributed by atoms with Gasteiger partial charge in [-0.25, -0.2) is 0 Å². The highest BCUT2D eigenvalue weighted by Gasteiger charge is 2.31. The minimum atomic E-state index is 0.369. The van der Waals surface area contributed by atoms with Crippen LogP contribution in [-0.2, 0) is 4.79 Å². The first-order valence-corrected chi connectivity index (χ1v) is 6.26. The molecule has 0 radical (unpaired) electrons. The highest BCUT2D eigenvalue weighted by atomic mass is 127. The number of ketones is 1. The number of hydrogen-bond donors (Lipinski definition) is 0. The number of Topliss-reactive ketones (excluding diaryl/α,β-unsaturated/α-hetero) is 1. The monoisotopic (exact) mass is 280 g/mol. The summed E-state index contributed by atoms with van der Waals surface area (Å²) in [7, 11) is 0. The quantitative estimate of drug-likeness (QED) is 0.572. The van der Waals surface area contributed by atoms with Crippen molar-refractivity contribution in [3.63, 3.8) is 0 Å². The lowest BCUT2D eigenvalue weighted by atomic mass is 9.73. The molecule has 12 heavy (non-hydrogen) atoms. The fraction of sp³-hybridized carbons (Fsp3) is 0.900. The molecule has 1 nitrogen and oxygen atoms in total. The molecule has 70 valence electrons. The Morgan fingerprint density at radius 1 is 1.33 bits per heavy atom. The van der Waals surface area contributed by atoms with Crippen LogP contribution in [0.15, 0.2) is 0 Å². The Balaban J connectivity index is 2.53. The smallest absolute Gasteiger partial charge is 0.130 e. The van der Waals surface area contributed by atoms with E-state index in [2.05, 4.69) is 22.6 Å². The molecule has 1 aliphatic rings. The first kappa shape index (κ1) is 10.5. The summed E-state index contributed by atoms with van der Waals surface area (Å²) in [6.07, 6.45) is 7.39. The van der Waals surface area contributed by atoms with Gasteiger partial charge in [-0.1, -0.05) is 41.9 Å². The molecule has 0 unspecified atom stereocenters. The summed E-state index contributed by atoms with van der Waals surface area (Å²) in [6, 6.07) is 0. The van der Waals surface area contributed by atoms with E-state index in [0.29, 0.717) is 11.2 Å². The average Bonchev–Trinajstić information content (AvgIpc) is 2.05. The zero-order valence-electron chi connectivity index (χ0n) is 7.74. The number of hydrogen-bond acceptors (Lipinski definition) is 1. The molecule has 0 aromatic rings. The van der Waals surface area contributed by atoms with Crippen LogP contribution in [0.2, 0.25) is 0 Å². The van der Waals surface area contributed by atoms with Crippen LogP contribution < -0.4 is 0 Å². The summed E-state index contributed by atoms with van der Waals surface area (Å²) >= 11 is 2.44. The minimum absolute atomic E-state index is 0.369. The third kappa shape index (κ3) is 2.71. The number of carbonyl (C=O) groups is 1. The summed E-state index contributed by atoms with van der Waals surface area (Å²) in [6.45, 7) is 1.72. The third-order valence-corrected chi connectivity index (χ3v) is 4.44. The molecule has 0 bridgehead atoms. The van der Waals surface area contributed by atoms with Crippen molar-refractivity contribution in [2.75, 3.05) is 4.43 Å². The van der Waals surface area contributed by atoms with Crippen LogP contribution >= 0.6 is 22.6 Å². The molecule has 0 heterocycles. The number of carbonyl (C=O) groups excluding carboxylic acids is 1. The average molecular weight is 280 g/mol. The van der Waals surface area contributed by atoms with Gasteiger partial charge in [-0.05, 0) is 25.2 Å². The molecule has 0 amide bonds. The van der Waals surface area contributed by atoms with Crippen LogP contribution in [0, 0.1) is 5.41 Å². The van der Waals surface area contributed by atoms with Crippen molar-refractivity contribution in [1.82, 2.24) is 0 Å². The number of alkyl halides is 1. The third-order valence-electron chi connectivity index (χ3n) is 2.82. The normalized spacial score (nSPS) is 22.2. The molecule has 1 aliphatic carbocycles. The van der Waals surface area contributed by atoms with Gasteiger partial charge < -0.3 is 4.79 Å². The molecule has 0 aliphatic heterocycles. The Bertz CT molecular complexity index is 159. The zero-order chi connectivity index (χ0) is 9.03. The minimum Gasteiger partial charge on any atom is -0.300 e. The topological polar surface area (TPSA) is 17.1 Å². The predicted molar refractivity (Wildman–Crippen MR) is 59.7 cm³/mol. The lowest BCUT2D eigenvalue weighted by Crippen LogP contribution is -2.28. The van der Waals surface area contributed by atoms with Crippen LogP contribution in [0.1, 0.15) is 45.4 Å². The van der Waals surface area contributed by atoms with Crippen LogP contribution in [0.3, 0.4) is 0 Å². The van der Waals surface area contributed by atoms with Crippen molar-refractivity contribution in [2.24, 2.45) is 5.41 Å². The Labute approximate surface area is 88.4 Å². The Kier molecular flexibility index (Phi) is 4.00. The molecule has 1 fully saturated rings. The molecule has 0 aromatic carbocycles. The Morgan fingerprint density at radius 3 is 2.33 bits per heavy atom. The molecule has 0 spiro atoms. The second-order valence-electron chi connectivity index (χ2n) is 4.07. The van der Waals surface area contributed by atoms with Crippen LogP contribution in [0.4, 0.5) is 0 Å². The fourth-order valence-corrected chi connectivity index (χ4v) is 3.22. The summed E-state index contributed by atoms with van der Waals surface area (Å²) in [5.41, 5.74) is 0.380. The van der Waals surface area contributed by atoms with Crippen LogP contribution in [0.25, 0.3) is 0 Å². The lowest BCUT2D eigenvalue weighted by Gasteiger charge is -2.34. The van der Waals surface area contributed by atoms with Crippen molar-refractivity contribution < 1.29 is 4.79 Å². The van der Waals surface area contributed by atoms with Crippen LogP contribution in [0.5, 0.6) is 0 Å². The van der Waals surface area contributed by atoms with E-state index in [1.165, 1.54) is 32.1 Å². The molecular formula is C10H17IO. The van der Waals surface area contributed by atoms with Gasteiger partial charge in [-0.2, -0.15) is 0 Å². The van der Waals surface area contributed by atoms with Gasteiger partial charge in [0.15, 0.2) is 0 Å². The molecule has 0 atom stereocenters. The zero-order valence-corrected chi connectivity index (χ0v) is 9.89. The maximum Gasteiger partial charge on any atom is 0.130 e. The van der Waals surface area contributed by atoms with Gasteiger partial charge in [-0.15, -0.1) is 0 Å². The van der Waals surface area contributed by atoms with E-state index in [1.807, 2.05) is 0 Å². The molecular weight excluding hydrogens is 263 g/mol. The standard InChI is InChI=1S/C10H17IO/c1-9(12)7-10(8-11)5-3-2-4-6-10/h2-8H2,1H3. The van der Waals surface area contributed by atoms with Crippen molar-refractivity contribution >= 4 is 28.4 Å². The number of halogens is 1. The van der Waals surface area contributed by atoms with Crippen molar-refractivity contribution in [3.05, 3.63) is 0 Å². The van der Waals surface area contributed by atoms with E-state index in [4.69, 9.17) is 0 Å². The second kappa shape index (κ2) is 4.58. The van der Waals surface area contributed by atoms with Gasteiger partial charge in [0.2, 0.25) is 0 Å². The van der Waals surface area contributed by atoms with Crippen LogP contribution in [-0.4, -0.2) is 10.2 Å². The Hall–Kier alpha value is 0.400. The Morgan fingerprint density at radius 2 is 1.92 bits per heavy atom. The molecule has 0 N–H and O–H groups in total. The largest absolute Gasteiger partial charge is 0.300 e. The van der Waals surface area contributed by atoms with Gasteiger partial charge in [0.25, 0.3) is 0 Å². The first-order chi connectivity index (χ1) is 5.68. The van der Waals surface area contributed by atoms with Gasteiger partial charge in [-0.3, -0.25) is 0 Å². The van der Waals surface area contributed by atoms with E-state index in [1.54, 1.807) is 6.92 Å². The van der Waals surface area contributed by atoms with E-state index in [9.17, 15) is 4.79 Å². The van der Waals surface area contributed by atoms with Gasteiger partial charge in [0.05, 0.1) is 0 Å². The van der Waals surface area contributed by atoms with Gasteiger partial charge in [0, 0.05) is 10.8 Å². The molecule has 1 saturated carbocycles. The second-order valence-corrected chi connectivity index (χ2v) is 4.84. The van der Waals surface area contributed by atoms with E-state index < -0.39 is 0 Å². The van der Waals surface area contributed by atoms with Gasteiger partial charge in [0.1, 0.15) is 5.78 Å². The SMILES string of the molecule is CC(=O)CC1(CI)CCCCC1. The molecule has 0 saturated heterocycles. The lowest BCUT2D eigenvalue weighted by molar-refractivity contribution is -0.119. The summed E-state index contributed by atoms with van der Waals surface area (Å²) < 4.78 is 1.16. The molecule has 1 rings (SSSR count). The van der Waals surface area contributed by atoms with Crippen molar-refractivity contribution in [3.8, 4) is 0 Å². The highest BCUT2D eigenvalue weighted by Crippen LogP contribution is 2.40. The maximum atomic E-state index is 11.1. The number of rotatable bonds is 3. The highest BCUT2D eigenvalue weighted by molar-refractivity contribution is 14.1. The maximum absolute atomic E-state index is 11.1. The first-order valence-electron chi connectivity index (χ1n) is 4.74. The van der Waals surface area contributed by atoms with Gasteiger partial charge >= 0.3 is 0 Å². The summed E-state index contributed by atoms with van der Waals surface area (Å²) in [4.78, 5) is 11.1. The van der Waals surface area contributed by atoms with E-state index in [-0.39, 0.29) is 0 Å². The summed E-state index contributed by atoms with van der Waals surface area (Å²) in [5, 5.41) is 0. The van der Waals surface area contributed by atoms with E-state index >= 15 is 0 Å². The van der Waals surface area contributed by atoms with Crippen molar-refractivity contribution in [2.45, 2.75) is 45.4 Å². The van der Waals surface area contributed by atoms with E-state index in [0.717, 1.165) is 10.8 Å². The molecule has 0 aromatic heterocycles.